The summed E-state index contributed by atoms with van der Waals surface area (Å²) in [6, 6.07) is 7.76. The van der Waals surface area contributed by atoms with E-state index in [0.717, 1.165) is 29.4 Å². The van der Waals surface area contributed by atoms with Gasteiger partial charge in [0.25, 0.3) is 0 Å². The zero-order valence-corrected chi connectivity index (χ0v) is 11.2. The van der Waals surface area contributed by atoms with Crippen molar-refractivity contribution in [2.24, 2.45) is 0 Å². The normalized spacial score (nSPS) is 11.1. The molecule has 2 aromatic heterocycles. The van der Waals surface area contributed by atoms with Crippen LogP contribution in [0.4, 0.5) is 0 Å². The van der Waals surface area contributed by atoms with Crippen molar-refractivity contribution in [3.8, 4) is 5.82 Å². The van der Waals surface area contributed by atoms with E-state index in [9.17, 15) is 0 Å². The Kier molecular flexibility index (Phi) is 3.13. The molecule has 3 rings (SSSR count). The Bertz CT molecular complexity index is 722. The molecule has 0 saturated carbocycles. The van der Waals surface area contributed by atoms with Crippen LogP contribution < -0.4 is 0 Å². The smallest absolute Gasteiger partial charge is 0.163 e. The van der Waals surface area contributed by atoms with Crippen LogP contribution in [0.1, 0.15) is 18.9 Å². The molecule has 19 heavy (non-hydrogen) atoms. The molecule has 1 aromatic carbocycles. The van der Waals surface area contributed by atoms with Gasteiger partial charge in [-0.15, -0.1) is 5.10 Å². The number of fused-ring (bicyclic) bond motifs is 1. The fraction of sp³-hybridized carbons (Fsp3) is 0.231. The molecule has 0 N–H and O–H groups in total. The summed E-state index contributed by atoms with van der Waals surface area (Å²) in [5, 5.41) is 8.78. The third kappa shape index (κ3) is 2.06. The van der Waals surface area contributed by atoms with Crippen LogP contribution in [0, 0.1) is 0 Å². The lowest BCUT2D eigenvalue weighted by Crippen LogP contribution is -2.06. The van der Waals surface area contributed by atoms with Crippen LogP contribution in [0.2, 0.25) is 5.15 Å². The number of hydrogen-bond donors (Lipinski definition) is 0. The molecule has 0 unspecified atom stereocenters. The highest BCUT2D eigenvalue weighted by Gasteiger charge is 2.14. The average Bonchev–Trinajstić information content (AvgIpc) is 2.85. The van der Waals surface area contributed by atoms with Gasteiger partial charge in [0.2, 0.25) is 0 Å². The molecule has 96 valence electrons. The number of para-hydroxylation sites is 1. The van der Waals surface area contributed by atoms with E-state index >= 15 is 0 Å². The predicted molar refractivity (Wildman–Crippen MR) is 73.5 cm³/mol. The monoisotopic (exact) mass is 273 g/mol. The highest BCUT2D eigenvalue weighted by Crippen LogP contribution is 2.22. The topological polar surface area (TPSA) is 56.5 Å². The highest BCUT2D eigenvalue weighted by molar-refractivity contribution is 6.30. The van der Waals surface area contributed by atoms with Gasteiger partial charge in [-0.1, -0.05) is 42.3 Å². The number of rotatable bonds is 3. The van der Waals surface area contributed by atoms with E-state index in [0.29, 0.717) is 11.0 Å². The van der Waals surface area contributed by atoms with Gasteiger partial charge in [-0.25, -0.2) is 9.97 Å². The van der Waals surface area contributed by atoms with Gasteiger partial charge in [-0.2, -0.15) is 4.68 Å². The van der Waals surface area contributed by atoms with Crippen LogP contribution in [0.3, 0.4) is 0 Å². The van der Waals surface area contributed by atoms with Crippen LogP contribution in [-0.2, 0) is 6.42 Å². The van der Waals surface area contributed by atoms with Gasteiger partial charge in [-0.05, 0) is 18.6 Å². The van der Waals surface area contributed by atoms with Gasteiger partial charge in [0.1, 0.15) is 17.0 Å². The van der Waals surface area contributed by atoms with Crippen LogP contribution >= 0.6 is 11.6 Å². The largest absolute Gasteiger partial charge is 0.224 e. The molecule has 5 nitrogen and oxygen atoms in total. The summed E-state index contributed by atoms with van der Waals surface area (Å²) in [5.41, 5.74) is 2.65. The van der Waals surface area contributed by atoms with Crippen LogP contribution in [0.15, 0.2) is 30.6 Å². The first-order valence-corrected chi connectivity index (χ1v) is 6.49. The van der Waals surface area contributed by atoms with Crippen molar-refractivity contribution < 1.29 is 0 Å². The number of halogens is 1. The first-order chi connectivity index (χ1) is 9.31. The Labute approximate surface area is 115 Å². The van der Waals surface area contributed by atoms with Gasteiger partial charge in [0, 0.05) is 5.56 Å². The van der Waals surface area contributed by atoms with E-state index in [2.05, 4.69) is 27.2 Å². The summed E-state index contributed by atoms with van der Waals surface area (Å²) >= 11 is 6.16. The van der Waals surface area contributed by atoms with Gasteiger partial charge in [0.15, 0.2) is 5.82 Å². The number of nitrogens with zero attached hydrogens (tertiary/aromatic N) is 5. The lowest BCUT2D eigenvalue weighted by atomic mass is 10.2. The summed E-state index contributed by atoms with van der Waals surface area (Å²) in [6.07, 6.45) is 3.23. The first kappa shape index (κ1) is 12.0. The quantitative estimate of drug-likeness (QED) is 0.689. The molecule has 3 aromatic rings. The van der Waals surface area contributed by atoms with Crippen molar-refractivity contribution in [2.75, 3.05) is 0 Å². The maximum Gasteiger partial charge on any atom is 0.163 e. The Balaban J connectivity index is 2.24. The standard InChI is InChI=1S/C13H12ClN5/c1-2-5-9-12(14)15-8-16-13(9)19-11-7-4-3-6-10(11)17-18-19/h3-4,6-8H,2,5H2,1H3. The van der Waals surface area contributed by atoms with E-state index in [4.69, 9.17) is 11.6 Å². The van der Waals surface area contributed by atoms with E-state index in [1.165, 1.54) is 6.33 Å². The summed E-state index contributed by atoms with van der Waals surface area (Å²) in [6.45, 7) is 2.09. The number of aromatic nitrogens is 5. The second-order valence-electron chi connectivity index (χ2n) is 4.21. The van der Waals surface area contributed by atoms with E-state index < -0.39 is 0 Å². The molecule has 0 bridgehead atoms. The molecule has 0 atom stereocenters. The van der Waals surface area contributed by atoms with Crippen LogP contribution in [-0.4, -0.2) is 25.0 Å². The molecule has 0 spiro atoms. The van der Waals surface area contributed by atoms with Crippen molar-refractivity contribution in [3.05, 3.63) is 41.3 Å². The van der Waals surface area contributed by atoms with Gasteiger partial charge >= 0.3 is 0 Å². The van der Waals surface area contributed by atoms with E-state index in [-0.39, 0.29) is 0 Å². The Hall–Kier alpha value is -2.01. The van der Waals surface area contributed by atoms with Crippen molar-refractivity contribution in [1.82, 2.24) is 25.0 Å². The molecular weight excluding hydrogens is 262 g/mol. The number of hydrogen-bond acceptors (Lipinski definition) is 4. The van der Waals surface area contributed by atoms with Crippen molar-refractivity contribution in [3.63, 3.8) is 0 Å². The van der Waals surface area contributed by atoms with Crippen LogP contribution in [0.25, 0.3) is 16.9 Å². The predicted octanol–water partition coefficient (Wildman–Crippen LogP) is 2.82. The molecule has 6 heteroatoms. The second kappa shape index (κ2) is 4.93. The van der Waals surface area contributed by atoms with Crippen molar-refractivity contribution in [1.29, 1.82) is 0 Å². The minimum Gasteiger partial charge on any atom is -0.224 e. The van der Waals surface area contributed by atoms with E-state index in [1.54, 1.807) is 4.68 Å². The highest BCUT2D eigenvalue weighted by atomic mass is 35.5. The second-order valence-corrected chi connectivity index (χ2v) is 4.56. The maximum absolute atomic E-state index is 6.16. The van der Waals surface area contributed by atoms with Crippen LogP contribution in [0.5, 0.6) is 0 Å². The molecule has 0 saturated heterocycles. The SMILES string of the molecule is CCCc1c(Cl)ncnc1-n1nnc2ccccc21. The molecule has 0 aliphatic rings. The van der Waals surface area contributed by atoms with E-state index in [1.807, 2.05) is 24.3 Å². The molecule has 0 amide bonds. The lowest BCUT2D eigenvalue weighted by Gasteiger charge is -2.08. The first-order valence-electron chi connectivity index (χ1n) is 6.11. The maximum atomic E-state index is 6.16. The molecule has 0 aliphatic carbocycles. The minimum absolute atomic E-state index is 0.478. The molecule has 0 radical (unpaired) electrons. The number of benzene rings is 1. The third-order valence-electron chi connectivity index (χ3n) is 2.92. The summed E-state index contributed by atoms with van der Waals surface area (Å²) in [7, 11) is 0. The fourth-order valence-electron chi connectivity index (χ4n) is 2.06. The Morgan fingerprint density at radius 1 is 1.21 bits per heavy atom. The molecule has 2 heterocycles. The van der Waals surface area contributed by atoms with Gasteiger partial charge in [-0.3, -0.25) is 0 Å². The molecular formula is C13H12ClN5. The molecule has 0 aliphatic heterocycles. The van der Waals surface area contributed by atoms with Gasteiger partial charge in [0.05, 0.1) is 5.52 Å². The summed E-state index contributed by atoms with van der Waals surface area (Å²) in [5.74, 6) is 0.704. The molecule has 0 fully saturated rings. The Morgan fingerprint density at radius 2 is 2.05 bits per heavy atom. The average molecular weight is 274 g/mol. The van der Waals surface area contributed by atoms with Crippen molar-refractivity contribution >= 4 is 22.6 Å². The van der Waals surface area contributed by atoms with Gasteiger partial charge < -0.3 is 0 Å². The third-order valence-corrected chi connectivity index (χ3v) is 3.25. The zero-order valence-electron chi connectivity index (χ0n) is 10.4. The summed E-state index contributed by atoms with van der Waals surface area (Å²) in [4.78, 5) is 8.36. The lowest BCUT2D eigenvalue weighted by molar-refractivity contribution is 0.772. The minimum atomic E-state index is 0.478. The Morgan fingerprint density at radius 3 is 2.89 bits per heavy atom. The van der Waals surface area contributed by atoms with Crippen molar-refractivity contribution in [2.45, 2.75) is 19.8 Å². The fourth-order valence-corrected chi connectivity index (χ4v) is 2.28. The summed E-state index contributed by atoms with van der Waals surface area (Å²) < 4.78 is 1.72. The zero-order chi connectivity index (χ0) is 13.2.